The van der Waals surface area contributed by atoms with Crippen LogP contribution in [0.2, 0.25) is 0 Å². The van der Waals surface area contributed by atoms with E-state index in [1.54, 1.807) is 38.3 Å². The third-order valence-electron chi connectivity index (χ3n) is 3.55. The van der Waals surface area contributed by atoms with Gasteiger partial charge in [0.25, 0.3) is 5.91 Å². The number of carboxylic acid groups (broad SMARTS) is 1. The fourth-order valence-electron chi connectivity index (χ4n) is 2.24. The van der Waals surface area contributed by atoms with E-state index in [9.17, 15) is 9.59 Å². The molecule has 1 amide bonds. The molecule has 0 aromatic heterocycles. The normalized spacial score (nSPS) is 11.6. The molecule has 0 heterocycles. The largest absolute Gasteiger partial charge is 0.497 e. The van der Waals surface area contributed by atoms with E-state index in [-0.39, 0.29) is 18.9 Å². The third kappa shape index (κ3) is 5.93. The summed E-state index contributed by atoms with van der Waals surface area (Å²) in [5, 5.41) is 11.6. The van der Waals surface area contributed by atoms with Crippen LogP contribution in [0.3, 0.4) is 0 Å². The van der Waals surface area contributed by atoms with Gasteiger partial charge in [-0.15, -0.1) is 0 Å². The van der Waals surface area contributed by atoms with E-state index in [0.29, 0.717) is 11.3 Å². The molecule has 0 saturated heterocycles. The van der Waals surface area contributed by atoms with Crippen molar-refractivity contribution in [1.29, 1.82) is 0 Å². The van der Waals surface area contributed by atoms with Crippen molar-refractivity contribution < 1.29 is 24.2 Å². The summed E-state index contributed by atoms with van der Waals surface area (Å²) in [6, 6.07) is 14.2. The Balaban J connectivity index is 1.90. The predicted octanol–water partition coefficient (Wildman–Crippen LogP) is 2.87. The molecule has 0 saturated carbocycles. The van der Waals surface area contributed by atoms with Crippen molar-refractivity contribution in [3.63, 3.8) is 0 Å². The van der Waals surface area contributed by atoms with Gasteiger partial charge in [0, 0.05) is 5.69 Å². The minimum Gasteiger partial charge on any atom is -0.497 e. The van der Waals surface area contributed by atoms with Gasteiger partial charge in [-0.2, -0.15) is 0 Å². The predicted molar refractivity (Wildman–Crippen MR) is 93.7 cm³/mol. The summed E-state index contributed by atoms with van der Waals surface area (Å²) in [5.74, 6) is -0.484. The summed E-state index contributed by atoms with van der Waals surface area (Å²) < 4.78 is 10.7. The monoisotopic (exact) mass is 343 g/mol. The highest BCUT2D eigenvalue weighted by molar-refractivity contribution is 5.94. The zero-order chi connectivity index (χ0) is 18.2. The lowest BCUT2D eigenvalue weighted by Crippen LogP contribution is -2.27. The number of carbonyl (C=O) groups excluding carboxylic acids is 1. The van der Waals surface area contributed by atoms with Crippen LogP contribution < -0.4 is 10.1 Å². The SMILES string of the molecule is COc1cccc(COC(C)C(=O)Nc2cccc(CC(=O)O)c2)c1. The Labute approximate surface area is 146 Å². The van der Waals surface area contributed by atoms with Crippen molar-refractivity contribution in [1.82, 2.24) is 0 Å². The summed E-state index contributed by atoms with van der Waals surface area (Å²) in [5.41, 5.74) is 2.07. The van der Waals surface area contributed by atoms with Gasteiger partial charge in [-0.25, -0.2) is 0 Å². The van der Waals surface area contributed by atoms with E-state index in [4.69, 9.17) is 14.6 Å². The molecule has 2 aromatic rings. The van der Waals surface area contributed by atoms with Crippen LogP contribution >= 0.6 is 0 Å². The number of carboxylic acids is 1. The van der Waals surface area contributed by atoms with Gasteiger partial charge in [-0.05, 0) is 42.3 Å². The molecule has 1 atom stereocenters. The summed E-state index contributed by atoms with van der Waals surface area (Å²) in [6.07, 6.45) is -0.750. The van der Waals surface area contributed by atoms with Crippen LogP contribution in [0.15, 0.2) is 48.5 Å². The smallest absolute Gasteiger partial charge is 0.307 e. The van der Waals surface area contributed by atoms with Crippen molar-refractivity contribution in [2.75, 3.05) is 12.4 Å². The van der Waals surface area contributed by atoms with Gasteiger partial charge in [0.1, 0.15) is 11.9 Å². The van der Waals surface area contributed by atoms with E-state index in [1.165, 1.54) is 0 Å². The lowest BCUT2D eigenvalue weighted by Gasteiger charge is -2.14. The minimum atomic E-state index is -0.918. The van der Waals surface area contributed by atoms with Gasteiger partial charge in [0.05, 0.1) is 20.1 Å². The van der Waals surface area contributed by atoms with E-state index >= 15 is 0 Å². The van der Waals surface area contributed by atoms with E-state index in [2.05, 4.69) is 5.32 Å². The Morgan fingerprint density at radius 1 is 1.12 bits per heavy atom. The van der Waals surface area contributed by atoms with E-state index in [0.717, 1.165) is 11.3 Å². The highest BCUT2D eigenvalue weighted by atomic mass is 16.5. The molecule has 132 valence electrons. The molecule has 0 spiro atoms. The standard InChI is InChI=1S/C19H21NO5/c1-13(25-12-15-6-4-8-17(10-15)24-2)19(23)20-16-7-3-5-14(9-16)11-18(21)22/h3-10,13H,11-12H2,1-2H3,(H,20,23)(H,21,22). The molecular formula is C19H21NO5. The summed E-state index contributed by atoms with van der Waals surface area (Å²) in [6.45, 7) is 1.95. The number of hydrogen-bond donors (Lipinski definition) is 2. The molecule has 25 heavy (non-hydrogen) atoms. The molecule has 2 aromatic carbocycles. The van der Waals surface area contributed by atoms with Crippen molar-refractivity contribution >= 4 is 17.6 Å². The van der Waals surface area contributed by atoms with Gasteiger partial charge in [-0.1, -0.05) is 24.3 Å². The number of nitrogens with one attached hydrogen (secondary N) is 1. The fourth-order valence-corrected chi connectivity index (χ4v) is 2.24. The first-order valence-corrected chi connectivity index (χ1v) is 7.84. The molecule has 0 bridgehead atoms. The zero-order valence-electron chi connectivity index (χ0n) is 14.2. The Hall–Kier alpha value is -2.86. The molecule has 2 rings (SSSR count). The van der Waals surface area contributed by atoms with Gasteiger partial charge < -0.3 is 19.9 Å². The fraction of sp³-hybridized carbons (Fsp3) is 0.263. The number of rotatable bonds is 8. The van der Waals surface area contributed by atoms with E-state index in [1.807, 2.05) is 24.3 Å². The van der Waals surface area contributed by atoms with Crippen molar-refractivity contribution in [3.8, 4) is 5.75 Å². The minimum absolute atomic E-state index is 0.0917. The molecular weight excluding hydrogens is 322 g/mol. The number of carbonyl (C=O) groups is 2. The summed E-state index contributed by atoms with van der Waals surface area (Å²) in [4.78, 5) is 23.0. The number of aliphatic carboxylic acids is 1. The van der Waals surface area contributed by atoms with Crippen molar-refractivity contribution in [3.05, 3.63) is 59.7 Å². The van der Waals surface area contributed by atoms with Crippen LogP contribution in [0.4, 0.5) is 5.69 Å². The molecule has 0 aliphatic rings. The molecule has 0 radical (unpaired) electrons. The summed E-state index contributed by atoms with van der Waals surface area (Å²) in [7, 11) is 1.59. The number of anilines is 1. The topological polar surface area (TPSA) is 84.9 Å². The van der Waals surface area contributed by atoms with Gasteiger partial charge >= 0.3 is 5.97 Å². The lowest BCUT2D eigenvalue weighted by atomic mass is 10.1. The van der Waals surface area contributed by atoms with Crippen molar-refractivity contribution in [2.45, 2.75) is 26.1 Å². The molecule has 0 fully saturated rings. The Bertz CT molecular complexity index is 744. The first-order chi connectivity index (χ1) is 12.0. The Morgan fingerprint density at radius 3 is 2.56 bits per heavy atom. The Kier molecular flexibility index (Phi) is 6.54. The maximum Gasteiger partial charge on any atom is 0.307 e. The second-order valence-electron chi connectivity index (χ2n) is 5.56. The number of ether oxygens (including phenoxy) is 2. The van der Waals surface area contributed by atoms with Gasteiger partial charge in [-0.3, -0.25) is 9.59 Å². The second-order valence-corrected chi connectivity index (χ2v) is 5.56. The zero-order valence-corrected chi connectivity index (χ0v) is 14.2. The number of hydrogen-bond acceptors (Lipinski definition) is 4. The van der Waals surface area contributed by atoms with Gasteiger partial charge in [0.2, 0.25) is 0 Å². The molecule has 6 heteroatoms. The molecule has 0 aliphatic carbocycles. The second kappa shape index (κ2) is 8.84. The highest BCUT2D eigenvalue weighted by Gasteiger charge is 2.14. The lowest BCUT2D eigenvalue weighted by molar-refractivity contribution is -0.136. The highest BCUT2D eigenvalue weighted by Crippen LogP contribution is 2.15. The molecule has 0 aliphatic heterocycles. The van der Waals surface area contributed by atoms with Crippen LogP contribution in [-0.4, -0.2) is 30.2 Å². The Morgan fingerprint density at radius 2 is 1.84 bits per heavy atom. The molecule has 6 nitrogen and oxygen atoms in total. The van der Waals surface area contributed by atoms with Crippen LogP contribution in [0, 0.1) is 0 Å². The number of benzene rings is 2. The summed E-state index contributed by atoms with van der Waals surface area (Å²) >= 11 is 0. The van der Waals surface area contributed by atoms with Crippen LogP contribution in [0.25, 0.3) is 0 Å². The van der Waals surface area contributed by atoms with Crippen LogP contribution in [-0.2, 0) is 27.4 Å². The first kappa shape index (κ1) is 18.5. The number of amides is 1. The van der Waals surface area contributed by atoms with Crippen LogP contribution in [0.1, 0.15) is 18.1 Å². The maximum atomic E-state index is 12.2. The quantitative estimate of drug-likeness (QED) is 0.770. The third-order valence-corrected chi connectivity index (χ3v) is 3.55. The van der Waals surface area contributed by atoms with Crippen molar-refractivity contribution in [2.24, 2.45) is 0 Å². The average molecular weight is 343 g/mol. The number of methoxy groups -OCH3 is 1. The molecule has 2 N–H and O–H groups in total. The first-order valence-electron chi connectivity index (χ1n) is 7.84. The van der Waals surface area contributed by atoms with E-state index < -0.39 is 12.1 Å². The van der Waals surface area contributed by atoms with Gasteiger partial charge in [0.15, 0.2) is 0 Å². The molecule has 1 unspecified atom stereocenters. The maximum absolute atomic E-state index is 12.2. The average Bonchev–Trinajstić information content (AvgIpc) is 2.59. The van der Waals surface area contributed by atoms with Crippen LogP contribution in [0.5, 0.6) is 5.75 Å².